The molecule has 110 valence electrons. The van der Waals surface area contributed by atoms with E-state index in [1.807, 2.05) is 11.0 Å². The van der Waals surface area contributed by atoms with E-state index in [1.54, 1.807) is 0 Å². The van der Waals surface area contributed by atoms with Gasteiger partial charge >= 0.3 is 0 Å². The molecule has 0 saturated heterocycles. The van der Waals surface area contributed by atoms with Crippen molar-refractivity contribution >= 4 is 27.7 Å². The van der Waals surface area contributed by atoms with Gasteiger partial charge in [0.15, 0.2) is 0 Å². The van der Waals surface area contributed by atoms with Crippen molar-refractivity contribution in [2.24, 2.45) is 5.73 Å². The molecular formula is C14H21BrN4O. The van der Waals surface area contributed by atoms with Crippen LogP contribution in [0.1, 0.15) is 44.9 Å². The lowest BCUT2D eigenvalue weighted by Gasteiger charge is -2.29. The number of carbonyl (C=O) groups excluding carboxylic acids is 1. The molecule has 1 heterocycles. The third-order valence-corrected chi connectivity index (χ3v) is 3.99. The molecule has 2 N–H and O–H groups in total. The Bertz CT molecular complexity index is 474. The quantitative estimate of drug-likeness (QED) is 0.807. The fourth-order valence-corrected chi connectivity index (χ4v) is 3.12. The average Bonchev–Trinajstić information content (AvgIpc) is 2.89. The van der Waals surface area contributed by atoms with Gasteiger partial charge in [-0.2, -0.15) is 0 Å². The molecule has 0 spiro atoms. The Morgan fingerprint density at radius 3 is 2.75 bits per heavy atom. The summed E-state index contributed by atoms with van der Waals surface area (Å²) in [4.78, 5) is 22.4. The van der Waals surface area contributed by atoms with Crippen LogP contribution in [0.15, 0.2) is 10.7 Å². The van der Waals surface area contributed by atoms with Crippen LogP contribution in [0.3, 0.4) is 0 Å². The zero-order chi connectivity index (χ0) is 14.5. The maximum absolute atomic E-state index is 11.4. The van der Waals surface area contributed by atoms with Crippen LogP contribution in [-0.4, -0.2) is 28.5 Å². The molecule has 0 radical (unpaired) electrons. The predicted octanol–water partition coefficient (Wildman–Crippen LogP) is 2.43. The molecule has 1 saturated carbocycles. The summed E-state index contributed by atoms with van der Waals surface area (Å²) in [5, 5.41) is 0. The summed E-state index contributed by atoms with van der Waals surface area (Å²) in [5.41, 5.74) is 5.40. The number of aromatic nitrogens is 2. The summed E-state index contributed by atoms with van der Waals surface area (Å²) >= 11 is 3.43. The van der Waals surface area contributed by atoms with Crippen LogP contribution in [0.25, 0.3) is 0 Å². The molecule has 1 aromatic rings. The monoisotopic (exact) mass is 340 g/mol. The summed E-state index contributed by atoms with van der Waals surface area (Å²) in [7, 11) is 0. The van der Waals surface area contributed by atoms with Crippen LogP contribution in [0.2, 0.25) is 0 Å². The molecule has 1 amide bonds. The Morgan fingerprint density at radius 1 is 1.45 bits per heavy atom. The largest absolute Gasteiger partial charge is 0.368 e. The Labute approximate surface area is 128 Å². The van der Waals surface area contributed by atoms with E-state index < -0.39 is 0 Å². The number of amides is 1. The second-order valence-corrected chi connectivity index (χ2v) is 6.06. The first kappa shape index (κ1) is 15.2. The number of hydrogen-bond acceptors (Lipinski definition) is 4. The third-order valence-electron chi connectivity index (χ3n) is 3.59. The van der Waals surface area contributed by atoms with Crippen molar-refractivity contribution in [3.8, 4) is 0 Å². The molecule has 1 aromatic heterocycles. The van der Waals surface area contributed by atoms with Crippen LogP contribution in [0.5, 0.6) is 0 Å². The molecule has 20 heavy (non-hydrogen) atoms. The fourth-order valence-electron chi connectivity index (χ4n) is 2.72. The molecule has 0 aromatic carbocycles. The third kappa shape index (κ3) is 3.91. The van der Waals surface area contributed by atoms with Crippen LogP contribution in [-0.2, 0) is 11.2 Å². The molecule has 2 rings (SSSR count). The molecule has 0 atom stereocenters. The van der Waals surface area contributed by atoms with Crippen molar-refractivity contribution in [2.75, 3.05) is 11.4 Å². The number of rotatable bonds is 6. The van der Waals surface area contributed by atoms with Gasteiger partial charge in [0.25, 0.3) is 0 Å². The van der Waals surface area contributed by atoms with Gasteiger partial charge in [-0.25, -0.2) is 9.97 Å². The van der Waals surface area contributed by atoms with E-state index in [2.05, 4.69) is 32.8 Å². The maximum atomic E-state index is 11.4. The van der Waals surface area contributed by atoms with Gasteiger partial charge in [0.05, 0.1) is 6.54 Å². The first-order valence-electron chi connectivity index (χ1n) is 7.18. The van der Waals surface area contributed by atoms with Gasteiger partial charge < -0.3 is 10.6 Å². The van der Waals surface area contributed by atoms with Crippen molar-refractivity contribution in [3.63, 3.8) is 0 Å². The maximum Gasteiger partial charge on any atom is 0.237 e. The highest BCUT2D eigenvalue weighted by molar-refractivity contribution is 9.10. The highest BCUT2D eigenvalue weighted by Gasteiger charge is 2.25. The minimum absolute atomic E-state index is 0.222. The number of primary amides is 1. The lowest BCUT2D eigenvalue weighted by molar-refractivity contribution is -0.116. The number of aryl methyl sites for hydroxylation is 1. The van der Waals surface area contributed by atoms with Crippen LogP contribution in [0.4, 0.5) is 5.82 Å². The van der Waals surface area contributed by atoms with E-state index in [0.717, 1.165) is 41.9 Å². The standard InChI is InChI=1S/C14H21BrN4O/c1-2-5-13-17-11(15)8-14(18-13)19(9-12(16)20)10-6-3-4-7-10/h8,10H,2-7,9H2,1H3,(H2,16,20). The second kappa shape index (κ2) is 7.02. The fraction of sp³-hybridized carbons (Fsp3) is 0.643. The predicted molar refractivity (Wildman–Crippen MR) is 82.5 cm³/mol. The highest BCUT2D eigenvalue weighted by Crippen LogP contribution is 2.28. The summed E-state index contributed by atoms with van der Waals surface area (Å²) < 4.78 is 0.762. The van der Waals surface area contributed by atoms with Crippen LogP contribution >= 0.6 is 15.9 Å². The van der Waals surface area contributed by atoms with Gasteiger partial charge in [0.2, 0.25) is 5.91 Å². The smallest absolute Gasteiger partial charge is 0.237 e. The number of nitrogens with zero attached hydrogens (tertiary/aromatic N) is 3. The Balaban J connectivity index is 2.28. The topological polar surface area (TPSA) is 72.1 Å². The van der Waals surface area contributed by atoms with Gasteiger partial charge in [0.1, 0.15) is 16.2 Å². The Kier molecular flexibility index (Phi) is 5.34. The SMILES string of the molecule is CCCc1nc(Br)cc(N(CC(N)=O)C2CCCC2)n1. The molecule has 0 aliphatic heterocycles. The summed E-state index contributed by atoms with van der Waals surface area (Å²) in [6.07, 6.45) is 6.43. The van der Waals surface area contributed by atoms with Crippen molar-refractivity contribution in [3.05, 3.63) is 16.5 Å². The zero-order valence-corrected chi connectivity index (χ0v) is 13.4. The number of carbonyl (C=O) groups is 1. The molecule has 0 unspecified atom stereocenters. The summed E-state index contributed by atoms with van der Waals surface area (Å²) in [6, 6.07) is 2.24. The lowest BCUT2D eigenvalue weighted by atomic mass is 10.2. The van der Waals surface area contributed by atoms with Gasteiger partial charge in [-0.05, 0) is 35.2 Å². The normalized spacial score (nSPS) is 15.5. The number of halogens is 1. The van der Waals surface area contributed by atoms with E-state index in [1.165, 1.54) is 12.8 Å². The molecule has 1 fully saturated rings. The Hall–Kier alpha value is -1.17. The summed E-state index contributed by atoms with van der Waals surface area (Å²) in [5.74, 6) is 1.30. The molecule has 1 aliphatic carbocycles. The minimum atomic E-state index is -0.316. The van der Waals surface area contributed by atoms with Gasteiger partial charge in [-0.1, -0.05) is 19.8 Å². The van der Waals surface area contributed by atoms with Crippen molar-refractivity contribution in [1.82, 2.24) is 9.97 Å². The average molecular weight is 341 g/mol. The molecule has 1 aliphatic rings. The number of hydrogen-bond donors (Lipinski definition) is 1. The summed E-state index contributed by atoms with van der Waals surface area (Å²) in [6.45, 7) is 2.32. The zero-order valence-electron chi connectivity index (χ0n) is 11.8. The number of nitrogens with two attached hydrogens (primary N) is 1. The van der Waals surface area contributed by atoms with Gasteiger partial charge in [-0.3, -0.25) is 4.79 Å². The molecule has 0 bridgehead atoms. The molecular weight excluding hydrogens is 320 g/mol. The van der Waals surface area contributed by atoms with Crippen molar-refractivity contribution < 1.29 is 4.79 Å². The highest BCUT2D eigenvalue weighted by atomic mass is 79.9. The molecule has 5 nitrogen and oxygen atoms in total. The van der Waals surface area contributed by atoms with E-state index in [4.69, 9.17) is 5.73 Å². The van der Waals surface area contributed by atoms with E-state index in [9.17, 15) is 4.79 Å². The first-order chi connectivity index (χ1) is 9.60. The van der Waals surface area contributed by atoms with E-state index in [0.29, 0.717) is 6.04 Å². The second-order valence-electron chi connectivity index (χ2n) is 5.25. The minimum Gasteiger partial charge on any atom is -0.368 e. The van der Waals surface area contributed by atoms with Crippen LogP contribution < -0.4 is 10.6 Å². The van der Waals surface area contributed by atoms with Crippen molar-refractivity contribution in [1.29, 1.82) is 0 Å². The Morgan fingerprint density at radius 2 is 2.15 bits per heavy atom. The van der Waals surface area contributed by atoms with Gasteiger partial charge in [-0.15, -0.1) is 0 Å². The number of anilines is 1. The lowest BCUT2D eigenvalue weighted by Crippen LogP contribution is -2.40. The first-order valence-corrected chi connectivity index (χ1v) is 7.98. The van der Waals surface area contributed by atoms with E-state index in [-0.39, 0.29) is 12.5 Å². The van der Waals surface area contributed by atoms with Crippen LogP contribution in [0, 0.1) is 0 Å². The van der Waals surface area contributed by atoms with Crippen molar-refractivity contribution in [2.45, 2.75) is 51.5 Å². The van der Waals surface area contributed by atoms with Gasteiger partial charge in [0, 0.05) is 18.5 Å². The molecule has 6 heteroatoms. The van der Waals surface area contributed by atoms with E-state index >= 15 is 0 Å².